The highest BCUT2D eigenvalue weighted by atomic mass is 16.7. The maximum Gasteiger partial charge on any atom is 0.508 e. The Bertz CT molecular complexity index is 1650. The van der Waals surface area contributed by atoms with Crippen molar-refractivity contribution in [2.24, 2.45) is 35.0 Å². The van der Waals surface area contributed by atoms with Gasteiger partial charge in [0.15, 0.2) is 0 Å². The van der Waals surface area contributed by atoms with Crippen molar-refractivity contribution in [3.8, 4) is 0 Å². The molecule has 6 aliphatic rings. The van der Waals surface area contributed by atoms with E-state index in [1.54, 1.807) is 5.57 Å². The third kappa shape index (κ3) is 5.78. The first-order valence-electron chi connectivity index (χ1n) is 19.1. The van der Waals surface area contributed by atoms with E-state index in [1.165, 1.54) is 11.1 Å². The SMILES string of the molecule is CC1=C2C[C@H]3[C@@H](CC=C4C[C@@H](OC(=O)OCc5ccccc5)CC[C@@]43C)[C@@H]2CC[C@]12O[C@@H]1C[C@H](C)CN(C(=O)OCc3ccccc3)C1[C@H]2C. The highest BCUT2D eigenvalue weighted by Gasteiger charge is 2.62. The highest BCUT2D eigenvalue weighted by molar-refractivity contribution is 5.68. The minimum Gasteiger partial charge on any atom is -0.445 e. The number of likely N-dealkylation sites (tertiary alicyclic amines) is 1. The molecule has 4 aliphatic carbocycles. The van der Waals surface area contributed by atoms with Gasteiger partial charge in [0.2, 0.25) is 0 Å². The average Bonchev–Trinajstić information content (AvgIpc) is 3.65. The molecule has 10 atom stereocenters. The maximum atomic E-state index is 13.6. The van der Waals surface area contributed by atoms with Crippen molar-refractivity contribution in [1.29, 1.82) is 0 Å². The summed E-state index contributed by atoms with van der Waals surface area (Å²) in [5.41, 5.74) is 6.27. The van der Waals surface area contributed by atoms with E-state index in [4.69, 9.17) is 18.9 Å². The molecule has 4 fully saturated rings. The van der Waals surface area contributed by atoms with Crippen molar-refractivity contribution >= 4 is 12.2 Å². The number of amides is 1. The maximum absolute atomic E-state index is 13.6. The van der Waals surface area contributed by atoms with Gasteiger partial charge in [-0.05, 0) is 97.7 Å². The topological polar surface area (TPSA) is 74.3 Å². The Morgan fingerprint density at radius 2 is 1.62 bits per heavy atom. The summed E-state index contributed by atoms with van der Waals surface area (Å²) in [6, 6.07) is 19.7. The summed E-state index contributed by atoms with van der Waals surface area (Å²) >= 11 is 0. The summed E-state index contributed by atoms with van der Waals surface area (Å²) in [4.78, 5) is 28.3. The monoisotopic (exact) mass is 679 g/mol. The zero-order chi connectivity index (χ0) is 34.6. The van der Waals surface area contributed by atoms with Crippen LogP contribution in [-0.4, -0.2) is 47.5 Å². The van der Waals surface area contributed by atoms with Crippen molar-refractivity contribution in [2.75, 3.05) is 6.54 Å². The zero-order valence-corrected chi connectivity index (χ0v) is 30.1. The molecule has 2 heterocycles. The number of rotatable bonds is 5. The van der Waals surface area contributed by atoms with Gasteiger partial charge in [0.25, 0.3) is 0 Å². The van der Waals surface area contributed by atoms with Crippen LogP contribution in [0.5, 0.6) is 0 Å². The Labute approximate surface area is 297 Å². The lowest BCUT2D eigenvalue weighted by atomic mass is 9.56. The summed E-state index contributed by atoms with van der Waals surface area (Å²) in [6.45, 7) is 10.6. The largest absolute Gasteiger partial charge is 0.508 e. The Balaban J connectivity index is 0.958. The van der Waals surface area contributed by atoms with Crippen LogP contribution in [0.3, 0.4) is 0 Å². The van der Waals surface area contributed by atoms with E-state index in [1.807, 2.05) is 65.6 Å². The van der Waals surface area contributed by atoms with Crippen LogP contribution in [0.1, 0.15) is 90.2 Å². The van der Waals surface area contributed by atoms with E-state index in [2.05, 4.69) is 33.8 Å². The standard InChI is InChI=1S/C43H53NO6/c1-27-21-38-39(44(24-27)40(45)47-25-30-11-7-5-8-12-30)29(3)43(50-38)20-18-34-35-16-15-32-22-33(49-41(46)48-26-31-13-9-6-10-14-31)17-19-42(32,4)37(35)23-36(34)28(43)2/h5-15,27,29,33-35,37-39H,16-26H2,1-4H3/t27-,29+,33-,34-,35-,37-,38+,39?,42-,43-/m0/s1. The van der Waals surface area contributed by atoms with Gasteiger partial charge in [-0.25, -0.2) is 9.59 Å². The van der Waals surface area contributed by atoms with Crippen LogP contribution >= 0.6 is 0 Å². The molecule has 2 aromatic carbocycles. The summed E-state index contributed by atoms with van der Waals surface area (Å²) < 4.78 is 24.5. The number of allylic oxidation sites excluding steroid dienone is 2. The molecule has 50 heavy (non-hydrogen) atoms. The van der Waals surface area contributed by atoms with E-state index < -0.39 is 6.16 Å². The predicted molar refractivity (Wildman–Crippen MR) is 191 cm³/mol. The molecule has 1 amide bonds. The minimum atomic E-state index is -0.571. The van der Waals surface area contributed by atoms with Crippen LogP contribution in [0.2, 0.25) is 0 Å². The van der Waals surface area contributed by atoms with Gasteiger partial charge in [0.1, 0.15) is 19.3 Å². The highest BCUT2D eigenvalue weighted by Crippen LogP contribution is 2.65. The van der Waals surface area contributed by atoms with Crippen molar-refractivity contribution in [2.45, 2.75) is 116 Å². The Morgan fingerprint density at radius 1 is 0.920 bits per heavy atom. The van der Waals surface area contributed by atoms with Crippen LogP contribution in [-0.2, 0) is 32.2 Å². The molecule has 1 unspecified atom stereocenters. The van der Waals surface area contributed by atoms with Crippen molar-refractivity contribution in [3.63, 3.8) is 0 Å². The number of hydrogen-bond donors (Lipinski definition) is 0. The van der Waals surface area contributed by atoms with Crippen LogP contribution in [0.4, 0.5) is 9.59 Å². The van der Waals surface area contributed by atoms with Crippen molar-refractivity contribution < 1.29 is 28.5 Å². The van der Waals surface area contributed by atoms with E-state index in [0.717, 1.165) is 62.5 Å². The molecule has 1 spiro atoms. The van der Waals surface area contributed by atoms with E-state index in [9.17, 15) is 9.59 Å². The number of ether oxygens (including phenoxy) is 4. The molecule has 7 nitrogen and oxygen atoms in total. The number of carbonyl (C=O) groups is 2. The quantitative estimate of drug-likeness (QED) is 0.232. The molecule has 266 valence electrons. The van der Waals surface area contributed by atoms with E-state index in [0.29, 0.717) is 30.2 Å². The molecule has 2 saturated heterocycles. The van der Waals surface area contributed by atoms with Crippen LogP contribution < -0.4 is 0 Å². The lowest BCUT2D eigenvalue weighted by Crippen LogP contribution is -2.54. The molecule has 8 rings (SSSR count). The van der Waals surface area contributed by atoms with E-state index >= 15 is 0 Å². The lowest BCUT2D eigenvalue weighted by molar-refractivity contribution is -0.0639. The van der Waals surface area contributed by atoms with Crippen LogP contribution in [0.25, 0.3) is 0 Å². The first kappa shape index (κ1) is 33.6. The molecule has 2 aliphatic heterocycles. The van der Waals surface area contributed by atoms with Crippen LogP contribution in [0.15, 0.2) is 83.5 Å². The van der Waals surface area contributed by atoms with Gasteiger partial charge in [0.05, 0.1) is 17.7 Å². The number of hydrogen-bond acceptors (Lipinski definition) is 6. The number of fused-ring (bicyclic) bond motifs is 6. The van der Waals surface area contributed by atoms with E-state index in [-0.39, 0.29) is 54.5 Å². The minimum absolute atomic E-state index is 0.0192. The number of nitrogens with zero attached hydrogens (tertiary/aromatic N) is 1. The predicted octanol–water partition coefficient (Wildman–Crippen LogP) is 9.41. The second-order valence-corrected chi connectivity index (χ2v) is 16.5. The molecule has 0 N–H and O–H groups in total. The van der Waals surface area contributed by atoms with Gasteiger partial charge in [-0.2, -0.15) is 0 Å². The number of carbonyl (C=O) groups excluding carboxylic acids is 2. The average molecular weight is 680 g/mol. The van der Waals surface area contributed by atoms with Gasteiger partial charge in [-0.15, -0.1) is 0 Å². The summed E-state index contributed by atoms with van der Waals surface area (Å²) in [6.07, 6.45) is 9.62. The molecule has 2 aromatic rings. The normalized spacial score (nSPS) is 37.3. The number of benzene rings is 2. The van der Waals surface area contributed by atoms with Crippen LogP contribution in [0, 0.1) is 35.0 Å². The molecule has 2 saturated carbocycles. The van der Waals surface area contributed by atoms with Gasteiger partial charge < -0.3 is 23.8 Å². The zero-order valence-electron chi connectivity index (χ0n) is 30.1. The molecule has 0 bridgehead atoms. The first-order chi connectivity index (χ1) is 24.2. The summed E-state index contributed by atoms with van der Waals surface area (Å²) in [5, 5.41) is 0. The smallest absolute Gasteiger partial charge is 0.445 e. The lowest BCUT2D eigenvalue weighted by Gasteiger charge is -2.49. The van der Waals surface area contributed by atoms with Gasteiger partial charge >= 0.3 is 12.2 Å². The molecule has 0 aromatic heterocycles. The fourth-order valence-electron chi connectivity index (χ4n) is 11.3. The van der Waals surface area contributed by atoms with Crippen molar-refractivity contribution in [3.05, 3.63) is 94.6 Å². The third-order valence-corrected chi connectivity index (χ3v) is 13.9. The molecule has 0 radical (unpaired) electrons. The first-order valence-corrected chi connectivity index (χ1v) is 19.1. The van der Waals surface area contributed by atoms with Gasteiger partial charge in [0, 0.05) is 18.9 Å². The van der Waals surface area contributed by atoms with Gasteiger partial charge in [-0.1, -0.05) is 98.7 Å². The van der Waals surface area contributed by atoms with Gasteiger partial charge in [-0.3, -0.25) is 0 Å². The fraction of sp³-hybridized carbons (Fsp3) is 0.581. The Kier molecular flexibility index (Phi) is 8.85. The summed E-state index contributed by atoms with van der Waals surface area (Å²) in [5.74, 6) is 2.37. The third-order valence-electron chi connectivity index (χ3n) is 13.9. The Hall–Kier alpha value is -3.58. The summed E-state index contributed by atoms with van der Waals surface area (Å²) in [7, 11) is 0. The Morgan fingerprint density at radius 3 is 2.34 bits per heavy atom. The van der Waals surface area contributed by atoms with Crippen molar-refractivity contribution in [1.82, 2.24) is 4.90 Å². The molecular weight excluding hydrogens is 626 g/mol. The number of piperidine rings is 1. The molecular formula is C43H53NO6. The molecule has 7 heteroatoms. The second kappa shape index (κ2) is 13.2. The second-order valence-electron chi connectivity index (χ2n) is 16.5. The fourth-order valence-corrected chi connectivity index (χ4v) is 11.3.